The van der Waals surface area contributed by atoms with Crippen LogP contribution in [0.2, 0.25) is 5.71 Å². The van der Waals surface area contributed by atoms with Crippen molar-refractivity contribution in [1.29, 1.82) is 0 Å². The fraction of sp³-hybridized carbons (Fsp3) is 0.625. The molecule has 1 aromatic rings. The van der Waals surface area contributed by atoms with Crippen molar-refractivity contribution in [2.75, 3.05) is 0 Å². The van der Waals surface area contributed by atoms with Gasteiger partial charge in [-0.1, -0.05) is 0 Å². The monoisotopic (exact) mass is 231 g/mol. The zero-order valence-electron chi connectivity index (χ0n) is 7.22. The van der Waals surface area contributed by atoms with Crippen molar-refractivity contribution >= 4 is 27.1 Å². The van der Waals surface area contributed by atoms with E-state index in [0.29, 0.717) is 5.92 Å². The Morgan fingerprint density at radius 1 is 1.64 bits per heavy atom. The number of thiazole rings is 1. The van der Waals surface area contributed by atoms with Gasteiger partial charge in [-0.25, -0.2) is 0 Å². The van der Waals surface area contributed by atoms with Crippen molar-refractivity contribution in [3.8, 4) is 0 Å². The summed E-state index contributed by atoms with van der Waals surface area (Å²) in [4.78, 5) is 4.55. The molecule has 62 valence electrons. The number of rotatable bonds is 3. The van der Waals surface area contributed by atoms with Crippen molar-refractivity contribution in [3.05, 3.63) is 16.1 Å². The second-order valence-corrected chi connectivity index (χ2v) is 5.98. The van der Waals surface area contributed by atoms with E-state index in [9.17, 15) is 0 Å². The van der Waals surface area contributed by atoms with Crippen molar-refractivity contribution < 1.29 is 0 Å². The molecule has 0 bridgehead atoms. The summed E-state index contributed by atoms with van der Waals surface area (Å²) < 4.78 is 0. The molecule has 0 saturated carbocycles. The molecule has 1 unspecified atom stereocenters. The van der Waals surface area contributed by atoms with Crippen LogP contribution in [0.25, 0.3) is 0 Å². The fourth-order valence-corrected chi connectivity index (χ4v) is 3.14. The van der Waals surface area contributed by atoms with E-state index in [1.54, 1.807) is 11.3 Å². The molecule has 0 N–H and O–H groups in total. The average molecular weight is 231 g/mol. The van der Waals surface area contributed by atoms with Gasteiger partial charge in [0.15, 0.2) is 0 Å². The zero-order chi connectivity index (χ0) is 8.27. The summed E-state index contributed by atoms with van der Waals surface area (Å²) in [6.07, 6.45) is 0. The maximum absolute atomic E-state index is 4.55. The summed E-state index contributed by atoms with van der Waals surface area (Å²) in [5.41, 5.74) is 3.63. The van der Waals surface area contributed by atoms with Gasteiger partial charge in [-0.3, -0.25) is 0 Å². The third kappa shape index (κ3) is 2.61. The van der Waals surface area contributed by atoms with Gasteiger partial charge in [-0.05, 0) is 0 Å². The van der Waals surface area contributed by atoms with Crippen molar-refractivity contribution in [2.45, 2.75) is 30.7 Å². The molecule has 0 spiro atoms. The Morgan fingerprint density at radius 3 is 2.82 bits per heavy atom. The van der Waals surface area contributed by atoms with E-state index in [1.165, 1.54) is 15.9 Å². The minimum atomic E-state index is 0.253. The molecule has 0 aliphatic carbocycles. The molecule has 0 saturated heterocycles. The molecule has 1 atom stereocenters. The van der Waals surface area contributed by atoms with Crippen molar-refractivity contribution in [1.82, 2.24) is 4.98 Å². The quantitative estimate of drug-likeness (QED) is 0.727. The van der Waals surface area contributed by atoms with Crippen LogP contribution in [0.1, 0.15) is 30.5 Å². The van der Waals surface area contributed by atoms with E-state index < -0.39 is 0 Å². The molecule has 1 aromatic heterocycles. The van der Waals surface area contributed by atoms with Crippen LogP contribution >= 0.6 is 11.3 Å². The van der Waals surface area contributed by atoms with E-state index in [0.717, 1.165) is 0 Å². The zero-order valence-corrected chi connectivity index (χ0v) is 10.1. The molecular weight excluding hydrogens is 217 g/mol. The van der Waals surface area contributed by atoms with Gasteiger partial charge in [0, 0.05) is 0 Å². The van der Waals surface area contributed by atoms with Gasteiger partial charge in [-0.15, -0.1) is 0 Å². The van der Waals surface area contributed by atoms with Gasteiger partial charge >= 0.3 is 78.8 Å². The number of hydrogen-bond donors (Lipinski definition) is 0. The first-order valence-corrected chi connectivity index (χ1v) is 8.29. The van der Waals surface area contributed by atoms with Gasteiger partial charge in [0.2, 0.25) is 0 Å². The fourth-order valence-electron chi connectivity index (χ4n) is 0.850. The van der Waals surface area contributed by atoms with E-state index >= 15 is 0 Å². The van der Waals surface area contributed by atoms with Crippen LogP contribution in [-0.2, 0) is 5.21 Å². The first kappa shape index (κ1) is 9.28. The molecular formula is C8H14AsNS. The Kier molecular flexibility index (Phi) is 3.60. The normalized spacial score (nSPS) is 12.0. The SMILES string of the molecule is C[AsH]Cc1csc(C(C)C)n1. The van der Waals surface area contributed by atoms with Crippen LogP contribution in [-0.4, -0.2) is 20.7 Å². The predicted molar refractivity (Wildman–Crippen MR) is 52.9 cm³/mol. The Morgan fingerprint density at radius 2 is 2.36 bits per heavy atom. The molecule has 0 aliphatic heterocycles. The summed E-state index contributed by atoms with van der Waals surface area (Å²) in [5, 5.41) is 4.76. The van der Waals surface area contributed by atoms with Gasteiger partial charge in [0.05, 0.1) is 0 Å². The first-order valence-electron chi connectivity index (χ1n) is 3.83. The summed E-state index contributed by atoms with van der Waals surface area (Å²) in [5.74, 6) is 0.602. The molecule has 0 radical (unpaired) electrons. The van der Waals surface area contributed by atoms with Gasteiger partial charge in [0.1, 0.15) is 0 Å². The minimum absolute atomic E-state index is 0.253. The molecule has 1 nitrogen and oxygen atoms in total. The third-order valence-electron chi connectivity index (χ3n) is 1.42. The maximum atomic E-state index is 4.55. The number of hydrogen-bond acceptors (Lipinski definition) is 2. The average Bonchev–Trinajstić information content (AvgIpc) is 2.37. The van der Waals surface area contributed by atoms with Crippen LogP contribution < -0.4 is 0 Å². The predicted octanol–water partition coefficient (Wildman–Crippen LogP) is 2.25. The van der Waals surface area contributed by atoms with Gasteiger partial charge in [-0.2, -0.15) is 0 Å². The van der Waals surface area contributed by atoms with Crippen molar-refractivity contribution in [2.24, 2.45) is 0 Å². The third-order valence-corrected chi connectivity index (χ3v) is 4.12. The Balaban J connectivity index is 2.66. The van der Waals surface area contributed by atoms with Crippen LogP contribution in [0, 0.1) is 0 Å². The second-order valence-electron chi connectivity index (χ2n) is 2.86. The number of nitrogens with zero attached hydrogens (tertiary/aromatic N) is 1. The Labute approximate surface area is 78.9 Å². The number of aromatic nitrogens is 1. The molecule has 3 heteroatoms. The first-order chi connectivity index (χ1) is 5.24. The van der Waals surface area contributed by atoms with Crippen molar-refractivity contribution in [3.63, 3.8) is 0 Å². The summed E-state index contributed by atoms with van der Waals surface area (Å²) >= 11 is 2.06. The van der Waals surface area contributed by atoms with Gasteiger partial charge in [0.25, 0.3) is 0 Å². The standard InChI is InChI=1S/C8H14AsNS/c1-6(2)8-10-7(4-9-3)5-11-8/h5-6,9H,4H2,1-3H3. The van der Waals surface area contributed by atoms with Crippen LogP contribution in [0.4, 0.5) is 0 Å². The Bertz CT molecular complexity index is 220. The second kappa shape index (κ2) is 4.27. The van der Waals surface area contributed by atoms with Crippen LogP contribution in [0.15, 0.2) is 5.38 Å². The summed E-state index contributed by atoms with van der Waals surface area (Å²) in [7, 11) is 0. The molecule has 0 fully saturated rings. The molecule has 1 rings (SSSR count). The van der Waals surface area contributed by atoms with E-state index in [-0.39, 0.29) is 15.8 Å². The van der Waals surface area contributed by atoms with E-state index in [1.807, 2.05) is 0 Å². The van der Waals surface area contributed by atoms with Crippen LogP contribution in [0.3, 0.4) is 0 Å². The molecule has 1 heterocycles. The Hall–Kier alpha value is 0.188. The topological polar surface area (TPSA) is 12.9 Å². The molecule has 0 amide bonds. The molecule has 11 heavy (non-hydrogen) atoms. The summed E-state index contributed by atoms with van der Waals surface area (Å²) in [6, 6.07) is 0. The van der Waals surface area contributed by atoms with E-state index in [2.05, 4.69) is 29.9 Å². The van der Waals surface area contributed by atoms with Gasteiger partial charge < -0.3 is 0 Å². The molecule has 0 aliphatic rings. The summed E-state index contributed by atoms with van der Waals surface area (Å²) in [6.45, 7) is 4.40. The van der Waals surface area contributed by atoms with E-state index in [4.69, 9.17) is 0 Å². The van der Waals surface area contributed by atoms with Crippen LogP contribution in [0.5, 0.6) is 0 Å². The molecule has 0 aromatic carbocycles.